The second kappa shape index (κ2) is 9.87. The number of carbonyl (C=O) groups is 1. The molecule has 0 aliphatic heterocycles. The lowest BCUT2D eigenvalue weighted by atomic mass is 10.1. The first-order valence-electron chi connectivity index (χ1n) is 7.75. The van der Waals surface area contributed by atoms with Crippen molar-refractivity contribution in [2.45, 2.75) is 30.6 Å². The van der Waals surface area contributed by atoms with E-state index in [1.807, 2.05) is 18.4 Å². The number of thioether (sulfide) groups is 1. The lowest BCUT2D eigenvalue weighted by molar-refractivity contribution is -0.137. The molecule has 27 heavy (non-hydrogen) atoms. The molecular formula is C18H20ClF3N2O2S. The van der Waals surface area contributed by atoms with Gasteiger partial charge in [-0.25, -0.2) is 0 Å². The molecule has 0 fully saturated rings. The molecule has 0 spiro atoms. The molecule has 1 unspecified atom stereocenters. The van der Waals surface area contributed by atoms with Crippen molar-refractivity contribution in [1.82, 2.24) is 0 Å². The average Bonchev–Trinajstić information content (AvgIpc) is 2.61. The summed E-state index contributed by atoms with van der Waals surface area (Å²) in [6.45, 7) is 1.45. The third kappa shape index (κ3) is 6.64. The zero-order chi connectivity index (χ0) is 19.3. The average molecular weight is 421 g/mol. The van der Waals surface area contributed by atoms with Crippen molar-refractivity contribution in [2.24, 2.45) is 5.73 Å². The van der Waals surface area contributed by atoms with E-state index in [1.54, 1.807) is 23.9 Å². The van der Waals surface area contributed by atoms with Crippen LogP contribution in [0.4, 0.5) is 18.9 Å². The number of amides is 1. The van der Waals surface area contributed by atoms with Crippen LogP contribution in [0, 0.1) is 0 Å². The van der Waals surface area contributed by atoms with Gasteiger partial charge in [0, 0.05) is 17.1 Å². The molecule has 0 radical (unpaired) electrons. The van der Waals surface area contributed by atoms with Crippen LogP contribution >= 0.6 is 24.2 Å². The van der Waals surface area contributed by atoms with Crippen LogP contribution in [0.15, 0.2) is 47.4 Å². The lowest BCUT2D eigenvalue weighted by Gasteiger charge is -2.16. The molecule has 9 heteroatoms. The smallest absolute Gasteiger partial charge is 0.416 e. The number of alkyl halides is 3. The number of halogens is 4. The summed E-state index contributed by atoms with van der Waals surface area (Å²) in [4.78, 5) is 13.3. The van der Waals surface area contributed by atoms with E-state index in [2.05, 4.69) is 5.32 Å². The molecule has 0 saturated carbocycles. The SMILES string of the molecule is CSc1ccc(OC(C)C(=O)Nc2cc(CN)cc(C(F)(F)F)c2)cc1.Cl. The highest BCUT2D eigenvalue weighted by molar-refractivity contribution is 7.98. The standard InChI is InChI=1S/C18H19F3N2O2S.ClH/c1-11(25-15-3-5-16(26-2)6-4-15)17(24)23-14-8-12(10-22)7-13(9-14)18(19,20)21;/h3-9,11H,10,22H2,1-2H3,(H,23,24);1H. The lowest BCUT2D eigenvalue weighted by Crippen LogP contribution is -2.30. The Kier molecular flexibility index (Phi) is 8.46. The maximum atomic E-state index is 12.9. The topological polar surface area (TPSA) is 64.3 Å². The second-order valence-corrected chi connectivity index (χ2v) is 6.43. The Morgan fingerprint density at radius 1 is 1.22 bits per heavy atom. The summed E-state index contributed by atoms with van der Waals surface area (Å²) in [5, 5.41) is 2.45. The van der Waals surface area contributed by atoms with E-state index in [9.17, 15) is 18.0 Å². The van der Waals surface area contributed by atoms with E-state index >= 15 is 0 Å². The van der Waals surface area contributed by atoms with E-state index in [-0.39, 0.29) is 30.2 Å². The molecule has 1 amide bonds. The van der Waals surface area contributed by atoms with Gasteiger partial charge in [-0.3, -0.25) is 4.79 Å². The van der Waals surface area contributed by atoms with Gasteiger partial charge in [0.05, 0.1) is 5.56 Å². The zero-order valence-electron chi connectivity index (χ0n) is 14.7. The van der Waals surface area contributed by atoms with Gasteiger partial charge < -0.3 is 15.8 Å². The number of hydrogen-bond acceptors (Lipinski definition) is 4. The summed E-state index contributed by atoms with van der Waals surface area (Å²) in [6.07, 6.45) is -3.46. The van der Waals surface area contributed by atoms with Gasteiger partial charge in [-0.05, 0) is 61.2 Å². The number of hydrogen-bond donors (Lipinski definition) is 2. The van der Waals surface area contributed by atoms with Crippen molar-refractivity contribution in [3.05, 3.63) is 53.6 Å². The largest absolute Gasteiger partial charge is 0.481 e. The number of anilines is 1. The summed E-state index contributed by atoms with van der Waals surface area (Å²) >= 11 is 1.57. The van der Waals surface area contributed by atoms with Crippen LogP contribution in [-0.2, 0) is 17.5 Å². The van der Waals surface area contributed by atoms with Gasteiger partial charge in [0.1, 0.15) is 5.75 Å². The summed E-state index contributed by atoms with van der Waals surface area (Å²) in [7, 11) is 0. The van der Waals surface area contributed by atoms with Gasteiger partial charge >= 0.3 is 6.18 Å². The maximum absolute atomic E-state index is 12.9. The fourth-order valence-electron chi connectivity index (χ4n) is 2.20. The van der Waals surface area contributed by atoms with Gasteiger partial charge in [0.25, 0.3) is 5.91 Å². The summed E-state index contributed by atoms with van der Waals surface area (Å²) in [5.41, 5.74) is 4.88. The molecule has 2 rings (SSSR count). The van der Waals surface area contributed by atoms with Crippen LogP contribution in [-0.4, -0.2) is 18.3 Å². The van der Waals surface area contributed by atoms with Crippen molar-refractivity contribution in [3.8, 4) is 5.75 Å². The highest BCUT2D eigenvalue weighted by Crippen LogP contribution is 2.32. The maximum Gasteiger partial charge on any atom is 0.416 e. The number of benzene rings is 2. The van der Waals surface area contributed by atoms with E-state index in [1.165, 1.54) is 13.0 Å². The van der Waals surface area contributed by atoms with Gasteiger partial charge in [-0.15, -0.1) is 24.2 Å². The van der Waals surface area contributed by atoms with Crippen molar-refractivity contribution >= 4 is 35.8 Å². The third-order valence-corrected chi connectivity index (χ3v) is 4.31. The molecule has 4 nitrogen and oxygen atoms in total. The van der Waals surface area contributed by atoms with Crippen LogP contribution in [0.5, 0.6) is 5.75 Å². The number of ether oxygens (including phenoxy) is 1. The number of nitrogens with two attached hydrogens (primary N) is 1. The van der Waals surface area contributed by atoms with Crippen molar-refractivity contribution in [1.29, 1.82) is 0 Å². The fraction of sp³-hybridized carbons (Fsp3) is 0.278. The molecule has 0 saturated heterocycles. The third-order valence-electron chi connectivity index (χ3n) is 3.56. The number of carbonyl (C=O) groups excluding carboxylic acids is 1. The van der Waals surface area contributed by atoms with E-state index in [0.29, 0.717) is 5.75 Å². The summed E-state index contributed by atoms with van der Waals surface area (Å²) in [6, 6.07) is 10.4. The van der Waals surface area contributed by atoms with E-state index in [4.69, 9.17) is 10.5 Å². The second-order valence-electron chi connectivity index (χ2n) is 5.55. The molecule has 0 aliphatic carbocycles. The minimum absolute atomic E-state index is 0. The van der Waals surface area contributed by atoms with Crippen LogP contribution < -0.4 is 15.8 Å². The first-order valence-corrected chi connectivity index (χ1v) is 8.98. The van der Waals surface area contributed by atoms with Crippen LogP contribution in [0.1, 0.15) is 18.1 Å². The molecule has 1 atom stereocenters. The molecule has 2 aromatic carbocycles. The fourth-order valence-corrected chi connectivity index (χ4v) is 2.61. The van der Waals surface area contributed by atoms with Gasteiger partial charge in [-0.1, -0.05) is 0 Å². The molecule has 0 bridgehead atoms. The Morgan fingerprint density at radius 2 is 1.85 bits per heavy atom. The first kappa shape index (κ1) is 23.1. The highest BCUT2D eigenvalue weighted by Gasteiger charge is 2.31. The predicted octanol–water partition coefficient (Wildman–Crippen LogP) is 4.71. The molecular weight excluding hydrogens is 401 g/mol. The Hall–Kier alpha value is -1.90. The molecule has 0 aliphatic rings. The van der Waals surface area contributed by atoms with Gasteiger partial charge in [-0.2, -0.15) is 13.2 Å². The van der Waals surface area contributed by atoms with Crippen molar-refractivity contribution in [3.63, 3.8) is 0 Å². The van der Waals surface area contributed by atoms with Crippen molar-refractivity contribution in [2.75, 3.05) is 11.6 Å². The van der Waals surface area contributed by atoms with Crippen LogP contribution in [0.3, 0.4) is 0 Å². The van der Waals surface area contributed by atoms with Gasteiger partial charge in [0.15, 0.2) is 6.10 Å². The minimum Gasteiger partial charge on any atom is -0.481 e. The van der Waals surface area contributed by atoms with Crippen molar-refractivity contribution < 1.29 is 22.7 Å². The number of rotatable bonds is 6. The van der Waals surface area contributed by atoms with Crippen LogP contribution in [0.25, 0.3) is 0 Å². The van der Waals surface area contributed by atoms with Gasteiger partial charge in [0.2, 0.25) is 0 Å². The summed E-state index contributed by atoms with van der Waals surface area (Å²) in [5.74, 6) is -0.0571. The molecule has 0 aromatic heterocycles. The Balaban J connectivity index is 0.00000364. The predicted molar refractivity (Wildman–Crippen MR) is 104 cm³/mol. The van der Waals surface area contributed by atoms with Crippen LogP contribution in [0.2, 0.25) is 0 Å². The normalized spacial score (nSPS) is 12.1. The monoisotopic (exact) mass is 420 g/mol. The summed E-state index contributed by atoms with van der Waals surface area (Å²) < 4.78 is 44.4. The molecule has 0 heterocycles. The molecule has 148 valence electrons. The Labute approximate surface area is 166 Å². The Bertz CT molecular complexity index is 770. The first-order chi connectivity index (χ1) is 12.2. The minimum atomic E-state index is -4.52. The Morgan fingerprint density at radius 3 is 2.37 bits per heavy atom. The number of nitrogens with one attached hydrogen (secondary N) is 1. The molecule has 2 aromatic rings. The van der Waals surface area contributed by atoms with E-state index in [0.717, 1.165) is 17.0 Å². The molecule has 3 N–H and O–H groups in total. The highest BCUT2D eigenvalue weighted by atomic mass is 35.5. The van der Waals surface area contributed by atoms with E-state index < -0.39 is 23.8 Å². The zero-order valence-corrected chi connectivity index (χ0v) is 16.3. The quantitative estimate of drug-likeness (QED) is 0.664.